The number of H-pyrrole nitrogens is 2. The molecule has 0 saturated carbocycles. The van der Waals surface area contributed by atoms with Crippen molar-refractivity contribution in [3.8, 4) is 11.1 Å². The Morgan fingerprint density at radius 2 is 1.59 bits per heavy atom. The summed E-state index contributed by atoms with van der Waals surface area (Å²) >= 11 is 0. The van der Waals surface area contributed by atoms with Crippen LogP contribution in [-0.2, 0) is 0 Å². The number of hydrogen-bond acceptors (Lipinski definition) is 3. The van der Waals surface area contributed by atoms with Crippen molar-refractivity contribution in [1.82, 2.24) is 15.2 Å². The monoisotopic (exact) mass is 359 g/mol. The average molecular weight is 359 g/mol. The molecule has 0 atom stereocenters. The van der Waals surface area contributed by atoms with Crippen LogP contribution in [-0.4, -0.2) is 21.2 Å². The second kappa shape index (κ2) is 6.80. The summed E-state index contributed by atoms with van der Waals surface area (Å²) in [6.07, 6.45) is 1.67. The van der Waals surface area contributed by atoms with Crippen LogP contribution < -0.4 is 16.2 Å². The normalized spacial score (nSPS) is 10.7. The summed E-state index contributed by atoms with van der Waals surface area (Å²) < 4.78 is 0. The predicted molar refractivity (Wildman–Crippen MR) is 106 cm³/mol. The van der Waals surface area contributed by atoms with E-state index in [1.165, 1.54) is 6.07 Å². The lowest BCUT2D eigenvalue weighted by molar-refractivity contribution is 0.262. The number of aromatic nitrogens is 3. The van der Waals surface area contributed by atoms with Crippen LogP contribution >= 0.6 is 0 Å². The molecule has 4 N–H and O–H groups in total. The third-order valence-electron chi connectivity index (χ3n) is 4.22. The molecule has 0 spiro atoms. The molecule has 0 aliphatic rings. The minimum atomic E-state index is -0.319. The van der Waals surface area contributed by atoms with Gasteiger partial charge in [0.05, 0.1) is 6.20 Å². The van der Waals surface area contributed by atoms with Gasteiger partial charge in [0.15, 0.2) is 0 Å². The smallest absolute Gasteiger partial charge is 0.308 e. The maximum atomic E-state index is 12.1. The Labute approximate surface area is 154 Å². The molecule has 27 heavy (non-hydrogen) atoms. The van der Waals surface area contributed by atoms with Gasteiger partial charge in [0.1, 0.15) is 5.65 Å². The number of carbonyl (C=O) groups excluding carboxylic acids is 1. The van der Waals surface area contributed by atoms with Gasteiger partial charge in [0, 0.05) is 22.8 Å². The Kier molecular flexibility index (Phi) is 4.18. The number of benzene rings is 2. The second-order valence-corrected chi connectivity index (χ2v) is 6.23. The summed E-state index contributed by atoms with van der Waals surface area (Å²) in [5, 5.41) is 13.1. The number of aryl methyl sites for hydroxylation is 1. The zero-order chi connectivity index (χ0) is 18.8. The highest BCUT2D eigenvalue weighted by Gasteiger charge is 2.08. The van der Waals surface area contributed by atoms with E-state index in [0.29, 0.717) is 11.3 Å². The van der Waals surface area contributed by atoms with Crippen LogP contribution in [0.3, 0.4) is 0 Å². The number of rotatable bonds is 3. The van der Waals surface area contributed by atoms with E-state index in [1.54, 1.807) is 18.3 Å². The summed E-state index contributed by atoms with van der Waals surface area (Å²) in [5.41, 5.74) is 4.51. The van der Waals surface area contributed by atoms with Crippen LogP contribution in [0.2, 0.25) is 0 Å². The fraction of sp³-hybridized carbons (Fsp3) is 0.0500. The molecule has 7 heteroatoms. The van der Waals surface area contributed by atoms with Gasteiger partial charge in [-0.25, -0.2) is 4.79 Å². The van der Waals surface area contributed by atoms with Crippen molar-refractivity contribution in [3.63, 3.8) is 0 Å². The zero-order valence-corrected chi connectivity index (χ0v) is 14.5. The lowest BCUT2D eigenvalue weighted by Crippen LogP contribution is -2.19. The van der Waals surface area contributed by atoms with Gasteiger partial charge >= 0.3 is 6.03 Å². The highest BCUT2D eigenvalue weighted by Crippen LogP contribution is 2.26. The van der Waals surface area contributed by atoms with E-state index in [4.69, 9.17) is 0 Å². The maximum absolute atomic E-state index is 12.1. The van der Waals surface area contributed by atoms with Crippen LogP contribution in [0.4, 0.5) is 16.2 Å². The summed E-state index contributed by atoms with van der Waals surface area (Å²) in [5.74, 6) is 0. The molecule has 0 fully saturated rings. The third kappa shape index (κ3) is 3.57. The van der Waals surface area contributed by atoms with Crippen molar-refractivity contribution in [3.05, 3.63) is 76.7 Å². The summed E-state index contributed by atoms with van der Waals surface area (Å²) in [4.78, 5) is 26.6. The van der Waals surface area contributed by atoms with Gasteiger partial charge in [0.25, 0.3) is 0 Å². The van der Waals surface area contributed by atoms with E-state index in [9.17, 15) is 9.59 Å². The Bertz CT molecular complexity index is 1160. The van der Waals surface area contributed by atoms with E-state index in [1.807, 2.05) is 43.3 Å². The molecule has 0 radical (unpaired) electrons. The Morgan fingerprint density at radius 3 is 2.26 bits per heavy atom. The minimum absolute atomic E-state index is 0.207. The number of carbonyl (C=O) groups is 1. The highest BCUT2D eigenvalue weighted by molar-refractivity contribution is 6.00. The van der Waals surface area contributed by atoms with Crippen molar-refractivity contribution in [2.45, 2.75) is 6.92 Å². The molecule has 0 unspecified atom stereocenters. The number of anilines is 2. The first-order chi connectivity index (χ1) is 13.1. The molecule has 0 aliphatic heterocycles. The molecule has 4 rings (SSSR count). The molecule has 4 aromatic rings. The number of amides is 2. The first-order valence-corrected chi connectivity index (χ1v) is 8.40. The highest BCUT2D eigenvalue weighted by atomic mass is 16.2. The van der Waals surface area contributed by atoms with Crippen LogP contribution in [0.25, 0.3) is 22.2 Å². The fourth-order valence-corrected chi connectivity index (χ4v) is 2.86. The molecule has 0 saturated heterocycles. The molecule has 2 heterocycles. The topological polar surface area (TPSA) is 103 Å². The van der Waals surface area contributed by atoms with Crippen LogP contribution in [0.15, 0.2) is 65.6 Å². The summed E-state index contributed by atoms with van der Waals surface area (Å²) in [7, 11) is 0. The molecule has 2 amide bonds. The molecule has 134 valence electrons. The minimum Gasteiger partial charge on any atom is -0.308 e. The Hall–Kier alpha value is -3.87. The number of aromatic amines is 2. The molecular formula is C20H17N5O2. The molecular weight excluding hydrogens is 342 g/mol. The molecule has 2 aromatic heterocycles. The second-order valence-electron chi connectivity index (χ2n) is 6.23. The number of hydrogen-bond donors (Lipinski definition) is 4. The molecule has 2 aromatic carbocycles. The third-order valence-corrected chi connectivity index (χ3v) is 4.22. The van der Waals surface area contributed by atoms with Gasteiger partial charge in [-0.1, -0.05) is 29.8 Å². The first kappa shape index (κ1) is 16.6. The van der Waals surface area contributed by atoms with Gasteiger partial charge in [-0.2, -0.15) is 5.10 Å². The van der Waals surface area contributed by atoms with E-state index < -0.39 is 0 Å². The van der Waals surface area contributed by atoms with Crippen molar-refractivity contribution < 1.29 is 4.79 Å². The number of pyridine rings is 1. The average Bonchev–Trinajstić information content (AvgIpc) is 3.12. The molecule has 7 nitrogen and oxygen atoms in total. The van der Waals surface area contributed by atoms with Gasteiger partial charge in [-0.3, -0.25) is 9.89 Å². The van der Waals surface area contributed by atoms with Crippen LogP contribution in [0.5, 0.6) is 0 Å². The van der Waals surface area contributed by atoms with Crippen LogP contribution in [0.1, 0.15) is 5.56 Å². The quantitative estimate of drug-likeness (QED) is 0.446. The summed E-state index contributed by atoms with van der Waals surface area (Å²) in [6.45, 7) is 1.99. The van der Waals surface area contributed by atoms with Crippen LogP contribution in [0, 0.1) is 6.92 Å². The summed E-state index contributed by atoms with van der Waals surface area (Å²) in [6, 6.07) is 16.1. The largest absolute Gasteiger partial charge is 0.323 e. The number of fused-ring (bicyclic) bond motifs is 1. The van der Waals surface area contributed by atoms with E-state index in [0.717, 1.165) is 27.8 Å². The van der Waals surface area contributed by atoms with E-state index in [2.05, 4.69) is 25.8 Å². The van der Waals surface area contributed by atoms with E-state index in [-0.39, 0.29) is 11.6 Å². The SMILES string of the molecule is Cc1ccc(NC(=O)Nc2ccc(-c3cc(=O)[nH]c4[nH]ncc34)cc2)cc1. The number of nitrogens with zero attached hydrogens (tertiary/aromatic N) is 1. The maximum Gasteiger partial charge on any atom is 0.323 e. The Morgan fingerprint density at radius 1 is 0.963 bits per heavy atom. The van der Waals surface area contributed by atoms with Gasteiger partial charge in [-0.15, -0.1) is 0 Å². The molecule has 0 aliphatic carbocycles. The zero-order valence-electron chi connectivity index (χ0n) is 14.5. The standard InChI is InChI=1S/C20H17N5O2/c1-12-2-6-14(7-3-12)22-20(27)23-15-8-4-13(5-9-15)16-10-18(26)24-19-17(16)11-21-25-19/h2-11H,1H3,(H2,22,23,27)(H2,21,24,25,26). The van der Waals surface area contributed by atoms with Crippen molar-refractivity contribution in [1.29, 1.82) is 0 Å². The fourth-order valence-electron chi connectivity index (χ4n) is 2.86. The van der Waals surface area contributed by atoms with Gasteiger partial charge in [0.2, 0.25) is 5.56 Å². The van der Waals surface area contributed by atoms with Gasteiger partial charge in [-0.05, 0) is 42.3 Å². The Balaban J connectivity index is 1.52. The predicted octanol–water partition coefficient (Wildman–Crippen LogP) is 3.87. The molecule has 0 bridgehead atoms. The first-order valence-electron chi connectivity index (χ1n) is 8.40. The van der Waals surface area contributed by atoms with E-state index >= 15 is 0 Å². The lowest BCUT2D eigenvalue weighted by atomic mass is 10.0. The lowest BCUT2D eigenvalue weighted by Gasteiger charge is -2.09. The van der Waals surface area contributed by atoms with Crippen molar-refractivity contribution in [2.24, 2.45) is 0 Å². The van der Waals surface area contributed by atoms with Gasteiger partial charge < -0.3 is 15.6 Å². The number of urea groups is 1. The van der Waals surface area contributed by atoms with Crippen molar-refractivity contribution >= 4 is 28.4 Å². The number of nitrogens with one attached hydrogen (secondary N) is 4. The van der Waals surface area contributed by atoms with Crippen molar-refractivity contribution in [2.75, 3.05) is 10.6 Å².